The van der Waals surface area contributed by atoms with Gasteiger partial charge in [-0.3, -0.25) is 0 Å². The first-order valence-corrected chi connectivity index (χ1v) is 8.55. The summed E-state index contributed by atoms with van der Waals surface area (Å²) in [6.45, 7) is 4.42. The van der Waals surface area contributed by atoms with Gasteiger partial charge in [0.05, 0.1) is 9.85 Å². The van der Waals surface area contributed by atoms with Crippen molar-refractivity contribution < 1.29 is 0 Å². The predicted molar refractivity (Wildman–Crippen MR) is 95.5 cm³/mol. The van der Waals surface area contributed by atoms with Crippen molar-refractivity contribution in [1.29, 1.82) is 0 Å². The Labute approximate surface area is 141 Å². The molecule has 0 spiro atoms. The summed E-state index contributed by atoms with van der Waals surface area (Å²) in [5.41, 5.74) is 3.80. The second-order valence-corrected chi connectivity index (χ2v) is 7.34. The van der Waals surface area contributed by atoms with Crippen LogP contribution >= 0.6 is 50.1 Å². The van der Waals surface area contributed by atoms with Crippen LogP contribution in [-0.2, 0) is 0 Å². The molecule has 0 aliphatic carbocycles. The van der Waals surface area contributed by atoms with E-state index in [0.29, 0.717) is 5.92 Å². The van der Waals surface area contributed by atoms with Gasteiger partial charge >= 0.3 is 0 Å². The molecule has 0 aromatic heterocycles. The Morgan fingerprint density at radius 2 is 1.47 bits per heavy atom. The quantitative estimate of drug-likeness (QED) is 0.368. The molecule has 0 saturated heterocycles. The largest absolute Gasteiger partial charge is 0.0832 e. The molecular weight excluding hydrogens is 434 g/mol. The van der Waals surface area contributed by atoms with Crippen molar-refractivity contribution in [3.8, 4) is 0 Å². The zero-order valence-corrected chi connectivity index (χ0v) is 15.3. The third kappa shape index (κ3) is 3.73. The molecule has 2 aromatic rings. The lowest BCUT2D eigenvalue weighted by Crippen LogP contribution is -1.95. The summed E-state index contributed by atoms with van der Waals surface area (Å²) in [4.78, 5) is 0.184. The third-order valence-electron chi connectivity index (χ3n) is 3.13. The number of alkyl halides is 1. The third-order valence-corrected chi connectivity index (χ3v) is 5.76. The van der Waals surface area contributed by atoms with E-state index in [9.17, 15) is 0 Å². The Balaban J connectivity index is 2.27. The Kier molecular flexibility index (Phi) is 5.32. The van der Waals surface area contributed by atoms with Crippen molar-refractivity contribution in [2.75, 3.05) is 0 Å². The molecule has 0 aliphatic rings. The van der Waals surface area contributed by atoms with Crippen molar-refractivity contribution >= 4 is 50.1 Å². The van der Waals surface area contributed by atoms with Crippen LogP contribution in [0.3, 0.4) is 0 Å². The van der Waals surface area contributed by atoms with E-state index >= 15 is 0 Å². The fourth-order valence-corrected chi connectivity index (χ4v) is 3.03. The fraction of sp³-hybridized carbons (Fsp3) is 0.250. The molecule has 0 heterocycles. The van der Waals surface area contributed by atoms with Crippen molar-refractivity contribution in [2.24, 2.45) is 0 Å². The Morgan fingerprint density at radius 3 is 2.00 bits per heavy atom. The average molecular weight is 450 g/mol. The van der Waals surface area contributed by atoms with Gasteiger partial charge in [0, 0.05) is 3.57 Å². The molecule has 1 unspecified atom stereocenters. The second kappa shape index (κ2) is 6.59. The fourth-order valence-electron chi connectivity index (χ4n) is 1.91. The molecule has 0 amide bonds. The number of rotatable bonds is 3. The van der Waals surface area contributed by atoms with Gasteiger partial charge in [0.1, 0.15) is 0 Å². The summed E-state index contributed by atoms with van der Waals surface area (Å²) in [6.07, 6.45) is 0. The van der Waals surface area contributed by atoms with Gasteiger partial charge in [0.2, 0.25) is 0 Å². The SMILES string of the molecule is CC(C)c1ccc(C(Br)c2ccc(I)c(Cl)c2)cc1. The molecule has 3 heteroatoms. The average Bonchev–Trinajstić information content (AvgIpc) is 2.41. The monoisotopic (exact) mass is 448 g/mol. The van der Waals surface area contributed by atoms with Crippen LogP contribution < -0.4 is 0 Å². The minimum absolute atomic E-state index is 0.184. The van der Waals surface area contributed by atoms with E-state index in [0.717, 1.165) is 8.59 Å². The molecule has 0 fully saturated rings. The highest BCUT2D eigenvalue weighted by Gasteiger charge is 2.12. The topological polar surface area (TPSA) is 0 Å². The van der Waals surface area contributed by atoms with E-state index in [-0.39, 0.29) is 4.83 Å². The molecule has 0 nitrogen and oxygen atoms in total. The molecule has 19 heavy (non-hydrogen) atoms. The molecule has 2 rings (SSSR count). The van der Waals surface area contributed by atoms with Crippen LogP contribution in [0.25, 0.3) is 0 Å². The summed E-state index contributed by atoms with van der Waals surface area (Å²) in [7, 11) is 0. The first-order chi connectivity index (χ1) is 8.99. The molecule has 0 N–H and O–H groups in total. The second-order valence-electron chi connectivity index (χ2n) is 4.86. The van der Waals surface area contributed by atoms with Crippen LogP contribution in [0, 0.1) is 3.57 Å². The lowest BCUT2D eigenvalue weighted by atomic mass is 9.99. The molecule has 0 bridgehead atoms. The van der Waals surface area contributed by atoms with Gasteiger partial charge in [0.15, 0.2) is 0 Å². The maximum atomic E-state index is 6.18. The van der Waals surface area contributed by atoms with Crippen LogP contribution in [-0.4, -0.2) is 0 Å². The summed E-state index contributed by atoms with van der Waals surface area (Å²) in [5, 5.41) is 0.807. The van der Waals surface area contributed by atoms with E-state index in [4.69, 9.17) is 11.6 Å². The van der Waals surface area contributed by atoms with Gasteiger partial charge in [-0.2, -0.15) is 0 Å². The van der Waals surface area contributed by atoms with Gasteiger partial charge in [0.25, 0.3) is 0 Å². The molecular formula is C16H15BrClI. The van der Waals surface area contributed by atoms with Crippen LogP contribution in [0.4, 0.5) is 0 Å². The summed E-state index contributed by atoms with van der Waals surface area (Å²) in [5.74, 6) is 0.565. The number of benzene rings is 2. The van der Waals surface area contributed by atoms with Gasteiger partial charge in [-0.1, -0.05) is 71.7 Å². The highest BCUT2D eigenvalue weighted by molar-refractivity contribution is 14.1. The Hall–Kier alpha value is -0.0600. The van der Waals surface area contributed by atoms with Gasteiger partial charge in [-0.15, -0.1) is 0 Å². The molecule has 1 atom stereocenters. The van der Waals surface area contributed by atoms with Crippen molar-refractivity contribution in [3.63, 3.8) is 0 Å². The van der Waals surface area contributed by atoms with Crippen LogP contribution in [0.15, 0.2) is 42.5 Å². The molecule has 0 radical (unpaired) electrons. The number of hydrogen-bond acceptors (Lipinski definition) is 0. The first-order valence-electron chi connectivity index (χ1n) is 6.18. The maximum absolute atomic E-state index is 6.18. The summed E-state index contributed by atoms with van der Waals surface area (Å²) in [6, 6.07) is 14.9. The zero-order valence-electron chi connectivity index (χ0n) is 10.8. The van der Waals surface area contributed by atoms with Gasteiger partial charge < -0.3 is 0 Å². The lowest BCUT2D eigenvalue weighted by molar-refractivity contribution is 0.865. The highest BCUT2D eigenvalue weighted by Crippen LogP contribution is 2.33. The van der Waals surface area contributed by atoms with Gasteiger partial charge in [-0.25, -0.2) is 0 Å². The minimum Gasteiger partial charge on any atom is -0.0832 e. The van der Waals surface area contributed by atoms with Crippen molar-refractivity contribution in [3.05, 3.63) is 67.7 Å². The Morgan fingerprint density at radius 1 is 0.947 bits per heavy atom. The maximum Gasteiger partial charge on any atom is 0.0645 e. The number of hydrogen-bond donors (Lipinski definition) is 0. The first kappa shape index (κ1) is 15.3. The van der Waals surface area contributed by atoms with Gasteiger partial charge in [-0.05, 0) is 57.3 Å². The normalized spacial score (nSPS) is 12.7. The van der Waals surface area contributed by atoms with Crippen LogP contribution in [0.1, 0.15) is 41.3 Å². The minimum atomic E-state index is 0.184. The lowest BCUT2D eigenvalue weighted by Gasteiger charge is -2.13. The van der Waals surface area contributed by atoms with Crippen molar-refractivity contribution in [1.82, 2.24) is 0 Å². The summed E-state index contributed by atoms with van der Waals surface area (Å²) >= 11 is 12.2. The molecule has 100 valence electrons. The van der Waals surface area contributed by atoms with Crippen molar-refractivity contribution in [2.45, 2.75) is 24.6 Å². The smallest absolute Gasteiger partial charge is 0.0645 e. The number of halogens is 3. The molecule has 2 aromatic carbocycles. The predicted octanol–water partition coefficient (Wildman–Crippen LogP) is 6.55. The standard InChI is InChI=1S/C16H15BrClI/c1-10(2)11-3-5-12(6-4-11)16(17)13-7-8-15(19)14(18)9-13/h3-10,16H,1-2H3. The van der Waals surface area contributed by atoms with E-state index < -0.39 is 0 Å². The highest BCUT2D eigenvalue weighted by atomic mass is 127. The summed E-state index contributed by atoms with van der Waals surface area (Å²) < 4.78 is 1.08. The van der Waals surface area contributed by atoms with E-state index in [1.165, 1.54) is 16.7 Å². The molecule has 0 saturated carbocycles. The van der Waals surface area contributed by atoms with Crippen LogP contribution in [0.2, 0.25) is 5.02 Å². The van der Waals surface area contributed by atoms with E-state index in [1.807, 2.05) is 6.07 Å². The molecule has 0 aliphatic heterocycles. The zero-order chi connectivity index (χ0) is 14.0. The van der Waals surface area contributed by atoms with E-state index in [1.54, 1.807) is 0 Å². The van der Waals surface area contributed by atoms with E-state index in [2.05, 4.69) is 88.8 Å². The van der Waals surface area contributed by atoms with Crippen LogP contribution in [0.5, 0.6) is 0 Å². The Bertz CT molecular complexity index is 563.